The quantitative estimate of drug-likeness (QED) is 0.861. The molecule has 0 radical (unpaired) electrons. The van der Waals surface area contributed by atoms with Gasteiger partial charge in [-0.05, 0) is 53.9 Å². The molecule has 1 aromatic rings. The van der Waals surface area contributed by atoms with Gasteiger partial charge in [0.15, 0.2) is 0 Å². The molecule has 3 atom stereocenters. The second-order valence-corrected chi connectivity index (χ2v) is 7.44. The minimum atomic E-state index is -0.0737. The average molecular weight is 368 g/mol. The predicted molar refractivity (Wildman–Crippen MR) is 86.3 cm³/mol. The lowest BCUT2D eigenvalue weighted by atomic mass is 9.94. The lowest BCUT2D eigenvalue weighted by molar-refractivity contribution is -0.123. The molecule has 2 heterocycles. The van der Waals surface area contributed by atoms with Crippen LogP contribution in [0.15, 0.2) is 15.9 Å². The fraction of sp³-hybridized carbons (Fsp3) is 0.615. The maximum absolute atomic E-state index is 12.2. The van der Waals surface area contributed by atoms with Crippen molar-refractivity contribution in [2.24, 2.45) is 5.92 Å². The molecule has 108 valence electrons. The zero-order valence-electron chi connectivity index (χ0n) is 11.1. The minimum Gasteiger partial charge on any atom is -0.351 e. The maximum atomic E-state index is 12.2. The van der Waals surface area contributed by atoms with Gasteiger partial charge in [0.2, 0.25) is 5.91 Å². The third-order valence-corrected chi connectivity index (χ3v) is 5.38. The summed E-state index contributed by atoms with van der Waals surface area (Å²) in [6.45, 7) is 6.11. The van der Waals surface area contributed by atoms with Crippen molar-refractivity contribution in [1.82, 2.24) is 10.6 Å². The Morgan fingerprint density at radius 3 is 2.89 bits per heavy atom. The molecule has 1 saturated heterocycles. The summed E-state index contributed by atoms with van der Waals surface area (Å²) >= 11 is 5.06. The lowest BCUT2D eigenvalue weighted by Crippen LogP contribution is -2.51. The van der Waals surface area contributed by atoms with Crippen LogP contribution in [0.3, 0.4) is 0 Å². The SMILES string of the molecule is CC(C(=O)NC1CNCCC1C)c1ccc(Br)s1.Cl. The van der Waals surface area contributed by atoms with E-state index in [-0.39, 0.29) is 30.3 Å². The van der Waals surface area contributed by atoms with Gasteiger partial charge in [-0.25, -0.2) is 0 Å². The summed E-state index contributed by atoms with van der Waals surface area (Å²) in [7, 11) is 0. The normalized spacial score (nSPS) is 24.4. The molecular weight excluding hydrogens is 348 g/mol. The largest absolute Gasteiger partial charge is 0.351 e. The van der Waals surface area contributed by atoms with Gasteiger partial charge in [-0.15, -0.1) is 23.7 Å². The van der Waals surface area contributed by atoms with Crippen LogP contribution in [0.25, 0.3) is 0 Å². The number of thiophene rings is 1. The summed E-state index contributed by atoms with van der Waals surface area (Å²) in [5.41, 5.74) is 0. The van der Waals surface area contributed by atoms with E-state index in [1.54, 1.807) is 11.3 Å². The third-order valence-electron chi connectivity index (χ3n) is 3.57. The van der Waals surface area contributed by atoms with Crippen LogP contribution in [0.5, 0.6) is 0 Å². The van der Waals surface area contributed by atoms with Crippen LogP contribution >= 0.6 is 39.7 Å². The Kier molecular flexibility index (Phi) is 6.80. The molecule has 1 aliphatic rings. The second-order valence-electron chi connectivity index (χ2n) is 4.95. The summed E-state index contributed by atoms with van der Waals surface area (Å²) in [5.74, 6) is 0.609. The van der Waals surface area contributed by atoms with Crippen molar-refractivity contribution in [3.63, 3.8) is 0 Å². The Morgan fingerprint density at radius 1 is 1.58 bits per heavy atom. The van der Waals surface area contributed by atoms with E-state index in [0.29, 0.717) is 5.92 Å². The van der Waals surface area contributed by atoms with Gasteiger partial charge in [-0.2, -0.15) is 0 Å². The van der Waals surface area contributed by atoms with Crippen molar-refractivity contribution < 1.29 is 4.79 Å². The van der Waals surface area contributed by atoms with Crippen molar-refractivity contribution in [2.75, 3.05) is 13.1 Å². The third kappa shape index (κ3) is 4.45. The van der Waals surface area contributed by atoms with Gasteiger partial charge in [-0.1, -0.05) is 6.92 Å². The van der Waals surface area contributed by atoms with Crippen LogP contribution in [0, 0.1) is 5.92 Å². The molecule has 2 N–H and O–H groups in total. The van der Waals surface area contributed by atoms with Crippen molar-refractivity contribution in [3.8, 4) is 0 Å². The molecule has 0 bridgehead atoms. The van der Waals surface area contributed by atoms with Gasteiger partial charge < -0.3 is 10.6 Å². The molecule has 3 unspecified atom stereocenters. The first-order valence-corrected chi connectivity index (χ1v) is 7.95. The first kappa shape index (κ1) is 17.0. The van der Waals surface area contributed by atoms with Crippen LogP contribution in [0.4, 0.5) is 0 Å². The highest BCUT2D eigenvalue weighted by Gasteiger charge is 2.25. The monoisotopic (exact) mass is 366 g/mol. The van der Waals surface area contributed by atoms with Gasteiger partial charge in [0.25, 0.3) is 0 Å². The Hall–Kier alpha value is -0.100. The molecule has 0 saturated carbocycles. The molecule has 19 heavy (non-hydrogen) atoms. The highest BCUT2D eigenvalue weighted by molar-refractivity contribution is 9.11. The number of carbonyl (C=O) groups excluding carboxylic acids is 1. The van der Waals surface area contributed by atoms with Crippen LogP contribution in [-0.2, 0) is 4.79 Å². The van der Waals surface area contributed by atoms with E-state index < -0.39 is 0 Å². The van der Waals surface area contributed by atoms with Crippen LogP contribution in [-0.4, -0.2) is 25.0 Å². The van der Waals surface area contributed by atoms with Gasteiger partial charge in [0, 0.05) is 17.5 Å². The first-order valence-electron chi connectivity index (χ1n) is 6.34. The number of carbonyl (C=O) groups is 1. The van der Waals surface area contributed by atoms with E-state index in [1.807, 2.05) is 19.1 Å². The average Bonchev–Trinajstić information content (AvgIpc) is 2.78. The summed E-state index contributed by atoms with van der Waals surface area (Å²) in [4.78, 5) is 13.3. The molecule has 2 rings (SSSR count). The van der Waals surface area contributed by atoms with Gasteiger partial charge in [0.05, 0.1) is 9.70 Å². The van der Waals surface area contributed by atoms with Crippen LogP contribution < -0.4 is 10.6 Å². The minimum absolute atomic E-state index is 0. The van der Waals surface area contributed by atoms with Crippen LogP contribution in [0.1, 0.15) is 31.1 Å². The summed E-state index contributed by atoms with van der Waals surface area (Å²) in [6.07, 6.45) is 1.13. The molecule has 1 aliphatic heterocycles. The fourth-order valence-electron chi connectivity index (χ4n) is 2.18. The summed E-state index contributed by atoms with van der Waals surface area (Å²) in [5, 5.41) is 6.50. The number of hydrogen-bond acceptors (Lipinski definition) is 3. The molecule has 6 heteroatoms. The highest BCUT2D eigenvalue weighted by atomic mass is 79.9. The number of rotatable bonds is 3. The molecule has 0 aliphatic carbocycles. The zero-order valence-corrected chi connectivity index (χ0v) is 14.3. The molecule has 3 nitrogen and oxygen atoms in total. The Balaban J connectivity index is 0.00000180. The molecule has 0 aromatic carbocycles. The zero-order chi connectivity index (χ0) is 13.1. The maximum Gasteiger partial charge on any atom is 0.228 e. The molecule has 1 aromatic heterocycles. The first-order chi connectivity index (χ1) is 8.58. The Labute approximate surface area is 133 Å². The van der Waals surface area contributed by atoms with E-state index in [0.717, 1.165) is 28.2 Å². The van der Waals surface area contributed by atoms with Crippen LogP contribution in [0.2, 0.25) is 0 Å². The van der Waals surface area contributed by atoms with Crippen molar-refractivity contribution in [2.45, 2.75) is 32.2 Å². The smallest absolute Gasteiger partial charge is 0.228 e. The highest BCUT2D eigenvalue weighted by Crippen LogP contribution is 2.28. The Morgan fingerprint density at radius 2 is 2.32 bits per heavy atom. The molecule has 0 spiro atoms. The van der Waals surface area contributed by atoms with Crippen molar-refractivity contribution in [3.05, 3.63) is 20.8 Å². The van der Waals surface area contributed by atoms with Gasteiger partial charge in [-0.3, -0.25) is 4.79 Å². The fourth-order valence-corrected chi connectivity index (χ4v) is 3.65. The van der Waals surface area contributed by atoms with E-state index in [1.165, 1.54) is 0 Å². The number of nitrogens with one attached hydrogen (secondary N) is 2. The van der Waals surface area contributed by atoms with Crippen molar-refractivity contribution >= 4 is 45.6 Å². The number of hydrogen-bond donors (Lipinski definition) is 2. The molecule has 1 amide bonds. The standard InChI is InChI=1S/C13H19BrN2OS.ClH/c1-8-5-6-15-7-10(8)16-13(17)9(2)11-3-4-12(14)18-11;/h3-4,8-10,15H,5-7H2,1-2H3,(H,16,17);1H. The number of halogens is 2. The number of amides is 1. The van der Waals surface area contributed by atoms with Gasteiger partial charge >= 0.3 is 0 Å². The van der Waals surface area contributed by atoms with Crippen molar-refractivity contribution in [1.29, 1.82) is 0 Å². The molecule has 1 fully saturated rings. The second kappa shape index (κ2) is 7.62. The van der Waals surface area contributed by atoms with E-state index in [2.05, 4.69) is 33.5 Å². The Bertz CT molecular complexity index is 427. The van der Waals surface area contributed by atoms with E-state index >= 15 is 0 Å². The summed E-state index contributed by atoms with van der Waals surface area (Å²) < 4.78 is 1.07. The lowest BCUT2D eigenvalue weighted by Gasteiger charge is -2.31. The van der Waals surface area contributed by atoms with E-state index in [9.17, 15) is 4.79 Å². The predicted octanol–water partition coefficient (Wildman–Crippen LogP) is 3.15. The topological polar surface area (TPSA) is 41.1 Å². The molecular formula is C13H20BrClN2OS. The van der Waals surface area contributed by atoms with Gasteiger partial charge in [0.1, 0.15) is 0 Å². The summed E-state index contributed by atoms with van der Waals surface area (Å²) in [6, 6.07) is 4.27. The number of piperidine rings is 1. The van der Waals surface area contributed by atoms with E-state index in [4.69, 9.17) is 0 Å².